The van der Waals surface area contributed by atoms with E-state index in [4.69, 9.17) is 15.2 Å². The molecule has 1 aliphatic heterocycles. The first-order valence-corrected chi connectivity index (χ1v) is 13.0. The van der Waals surface area contributed by atoms with Crippen LogP contribution in [0.25, 0.3) is 6.08 Å². The number of anilines is 1. The molecule has 8 heteroatoms. The summed E-state index contributed by atoms with van der Waals surface area (Å²) in [6.07, 6.45) is 6.43. The maximum Gasteiger partial charge on any atom is 0.262 e. The van der Waals surface area contributed by atoms with E-state index in [9.17, 15) is 9.59 Å². The molecule has 2 aliphatic rings. The third-order valence-corrected chi connectivity index (χ3v) is 7.47. The van der Waals surface area contributed by atoms with Gasteiger partial charge >= 0.3 is 0 Å². The highest BCUT2D eigenvalue weighted by molar-refractivity contribution is 8.05. The molecule has 1 heterocycles. The zero-order valence-electron chi connectivity index (χ0n) is 20.2. The number of benzene rings is 2. The number of rotatable bonds is 9. The van der Waals surface area contributed by atoms with E-state index < -0.39 is 5.91 Å². The van der Waals surface area contributed by atoms with Gasteiger partial charge in [0.05, 0.1) is 11.5 Å². The molecular formula is C27H33N3O4S. The van der Waals surface area contributed by atoms with Gasteiger partial charge in [-0.05, 0) is 61.6 Å². The smallest absolute Gasteiger partial charge is 0.262 e. The highest BCUT2D eigenvalue weighted by Gasteiger charge is 2.42. The van der Waals surface area contributed by atoms with Crippen LogP contribution in [0.15, 0.2) is 53.4 Å². The van der Waals surface area contributed by atoms with Gasteiger partial charge in [-0.1, -0.05) is 55.8 Å². The Balaban J connectivity index is 1.62. The molecule has 3 N–H and O–H groups in total. The van der Waals surface area contributed by atoms with Crippen molar-refractivity contribution in [3.8, 4) is 11.5 Å². The van der Waals surface area contributed by atoms with Crippen LogP contribution in [-0.2, 0) is 9.59 Å². The van der Waals surface area contributed by atoms with Gasteiger partial charge in [0.25, 0.3) is 11.8 Å². The number of primary amides is 1. The maximum atomic E-state index is 13.7. The predicted octanol–water partition coefficient (Wildman–Crippen LogP) is 4.84. The molecule has 0 aromatic heterocycles. The fraction of sp³-hybridized carbons (Fsp3) is 0.407. The monoisotopic (exact) mass is 495 g/mol. The summed E-state index contributed by atoms with van der Waals surface area (Å²) in [5.41, 5.74) is 6.85. The number of para-hydroxylation sites is 1. The highest BCUT2D eigenvalue weighted by atomic mass is 32.2. The van der Waals surface area contributed by atoms with E-state index in [1.54, 1.807) is 17.8 Å². The molecule has 0 bridgehead atoms. The van der Waals surface area contributed by atoms with Gasteiger partial charge in [0.1, 0.15) is 0 Å². The zero-order valence-corrected chi connectivity index (χ0v) is 21.1. The quantitative estimate of drug-likeness (QED) is 0.484. The van der Waals surface area contributed by atoms with E-state index in [2.05, 4.69) is 12.2 Å². The van der Waals surface area contributed by atoms with Gasteiger partial charge in [0.15, 0.2) is 23.6 Å². The molecule has 0 radical (unpaired) electrons. The molecule has 1 unspecified atom stereocenters. The first-order valence-electron chi connectivity index (χ1n) is 12.2. The Hall–Kier alpha value is -3.13. The Labute approximate surface area is 211 Å². The number of thioether (sulfide) groups is 1. The fourth-order valence-electron chi connectivity index (χ4n) is 4.67. The normalized spacial score (nSPS) is 23.4. The lowest BCUT2D eigenvalue weighted by molar-refractivity contribution is -0.129. The van der Waals surface area contributed by atoms with Crippen molar-refractivity contribution in [2.45, 2.75) is 51.1 Å². The first-order chi connectivity index (χ1) is 17.0. The molecule has 2 aromatic rings. The summed E-state index contributed by atoms with van der Waals surface area (Å²) in [6, 6.07) is 15.6. The van der Waals surface area contributed by atoms with E-state index in [0.717, 1.165) is 30.5 Å². The van der Waals surface area contributed by atoms with Gasteiger partial charge in [-0.2, -0.15) is 0 Å². The van der Waals surface area contributed by atoms with Crippen LogP contribution < -0.4 is 20.5 Å². The molecular weight excluding hydrogens is 462 g/mol. The Bertz CT molecular complexity index is 1080. The first kappa shape index (κ1) is 25.0. The third-order valence-electron chi connectivity index (χ3n) is 6.36. The highest BCUT2D eigenvalue weighted by Crippen LogP contribution is 2.42. The number of carbonyl (C=O) groups is 2. The molecule has 7 nitrogen and oxygen atoms in total. The van der Waals surface area contributed by atoms with Crippen LogP contribution in [0.1, 0.15) is 45.1 Å². The van der Waals surface area contributed by atoms with Crippen LogP contribution in [-0.4, -0.2) is 41.5 Å². The van der Waals surface area contributed by atoms with Gasteiger partial charge in [-0.3, -0.25) is 9.59 Å². The van der Waals surface area contributed by atoms with E-state index in [0.29, 0.717) is 28.9 Å². The number of nitrogens with one attached hydrogen (secondary N) is 1. The largest absolute Gasteiger partial charge is 0.490 e. The van der Waals surface area contributed by atoms with Gasteiger partial charge in [-0.15, -0.1) is 0 Å². The summed E-state index contributed by atoms with van der Waals surface area (Å²) >= 11 is 1.54. The van der Waals surface area contributed by atoms with Crippen LogP contribution >= 0.6 is 11.8 Å². The van der Waals surface area contributed by atoms with E-state index >= 15 is 0 Å². The number of carbonyl (C=O) groups excluding carboxylic acids is 2. The Kier molecular flexibility index (Phi) is 8.23. The number of nitrogens with two attached hydrogens (primary N) is 1. The minimum Gasteiger partial charge on any atom is -0.490 e. The second-order valence-corrected chi connectivity index (χ2v) is 10.0. The van der Waals surface area contributed by atoms with Crippen LogP contribution in [0.2, 0.25) is 0 Å². The van der Waals surface area contributed by atoms with Crippen molar-refractivity contribution in [1.82, 2.24) is 4.90 Å². The standard InChI is InChI=1S/C27H33N3O4S/c1-3-33-23-15-19(13-14-22(23)34-17-25(28)31)16-24-26(32)30(21-12-8-7-9-18(21)2)27(35-24)29-20-10-5-4-6-11-20/h4-6,10-11,13-16,18,21,27,29H,3,7-9,12,17H2,1-2H3,(H2,28,31)/b24-16-/t18-,21+,27?/m1/s1. The Morgan fingerprint density at radius 2 is 1.91 bits per heavy atom. The van der Waals surface area contributed by atoms with E-state index in [1.807, 2.05) is 60.4 Å². The van der Waals surface area contributed by atoms with Crippen LogP contribution in [0, 0.1) is 5.92 Å². The molecule has 1 saturated heterocycles. The molecule has 3 atom stereocenters. The molecule has 1 saturated carbocycles. The number of nitrogens with zero attached hydrogens (tertiary/aromatic N) is 1. The molecule has 2 amide bonds. The van der Waals surface area contributed by atoms with Crippen LogP contribution in [0.5, 0.6) is 11.5 Å². The lowest BCUT2D eigenvalue weighted by Crippen LogP contribution is -2.48. The summed E-state index contributed by atoms with van der Waals surface area (Å²) in [4.78, 5) is 27.5. The molecule has 2 fully saturated rings. The molecule has 186 valence electrons. The van der Waals surface area contributed by atoms with Crippen molar-refractivity contribution >= 4 is 35.3 Å². The number of amides is 2. The molecule has 35 heavy (non-hydrogen) atoms. The van der Waals surface area contributed by atoms with Crippen LogP contribution in [0.3, 0.4) is 0 Å². The minimum atomic E-state index is -0.555. The Morgan fingerprint density at radius 3 is 2.63 bits per heavy atom. The van der Waals surface area contributed by atoms with E-state index in [-0.39, 0.29) is 24.1 Å². The third kappa shape index (κ3) is 6.11. The van der Waals surface area contributed by atoms with Gasteiger partial charge in [-0.25, -0.2) is 0 Å². The minimum absolute atomic E-state index is 0.0502. The second-order valence-electron chi connectivity index (χ2n) is 8.92. The summed E-state index contributed by atoms with van der Waals surface area (Å²) in [6.45, 7) is 4.35. The lowest BCUT2D eigenvalue weighted by atomic mass is 9.85. The van der Waals surface area contributed by atoms with Gasteiger partial charge in [0.2, 0.25) is 0 Å². The van der Waals surface area contributed by atoms with Gasteiger partial charge < -0.3 is 25.4 Å². The van der Waals surface area contributed by atoms with Crippen molar-refractivity contribution < 1.29 is 19.1 Å². The van der Waals surface area contributed by atoms with Crippen molar-refractivity contribution in [1.29, 1.82) is 0 Å². The summed E-state index contributed by atoms with van der Waals surface area (Å²) < 4.78 is 11.2. The predicted molar refractivity (Wildman–Crippen MR) is 140 cm³/mol. The average molecular weight is 496 g/mol. The number of ether oxygens (including phenoxy) is 2. The molecule has 4 rings (SSSR count). The second kappa shape index (κ2) is 11.5. The van der Waals surface area contributed by atoms with Crippen molar-refractivity contribution in [3.05, 3.63) is 59.0 Å². The summed E-state index contributed by atoms with van der Waals surface area (Å²) in [5, 5.41) is 3.56. The zero-order chi connectivity index (χ0) is 24.8. The van der Waals surface area contributed by atoms with Crippen molar-refractivity contribution in [2.24, 2.45) is 11.7 Å². The fourth-order valence-corrected chi connectivity index (χ4v) is 5.88. The number of hydrogen-bond donors (Lipinski definition) is 2. The van der Waals surface area contributed by atoms with Crippen molar-refractivity contribution in [2.75, 3.05) is 18.5 Å². The average Bonchev–Trinajstić information content (AvgIpc) is 3.14. The Morgan fingerprint density at radius 1 is 1.14 bits per heavy atom. The molecule has 0 spiro atoms. The van der Waals surface area contributed by atoms with Gasteiger partial charge in [0, 0.05) is 11.7 Å². The maximum absolute atomic E-state index is 13.7. The van der Waals surface area contributed by atoms with Crippen molar-refractivity contribution in [3.63, 3.8) is 0 Å². The summed E-state index contributed by atoms with van der Waals surface area (Å²) in [7, 11) is 0. The SMILES string of the molecule is CCOc1cc(/C=C2\SC(Nc3ccccc3)N([C@H]3CCCC[C@H]3C)C2=O)ccc1OCC(N)=O. The van der Waals surface area contributed by atoms with Crippen LogP contribution in [0.4, 0.5) is 5.69 Å². The molecule has 2 aromatic carbocycles. The summed E-state index contributed by atoms with van der Waals surface area (Å²) in [5.74, 6) is 0.906. The molecule has 1 aliphatic carbocycles. The number of hydrogen-bond acceptors (Lipinski definition) is 6. The topological polar surface area (TPSA) is 93.9 Å². The van der Waals surface area contributed by atoms with E-state index in [1.165, 1.54) is 6.42 Å². The lowest BCUT2D eigenvalue weighted by Gasteiger charge is -2.39.